The third-order valence-corrected chi connectivity index (χ3v) is 3.70. The van der Waals surface area contributed by atoms with Crippen molar-refractivity contribution in [3.8, 4) is 11.8 Å². The van der Waals surface area contributed by atoms with Crippen LogP contribution in [0.3, 0.4) is 0 Å². The molecule has 1 amide bonds. The SMILES string of the molecule is Cc1cc(C#CCN)cc(C(=O)NC2CCC(C)C2)c1. The van der Waals surface area contributed by atoms with Crippen LogP contribution in [-0.4, -0.2) is 18.5 Å². The Bertz CT molecular complexity index is 554. The van der Waals surface area contributed by atoms with Crippen molar-refractivity contribution in [2.75, 3.05) is 6.54 Å². The number of carbonyl (C=O) groups excluding carboxylic acids is 1. The van der Waals surface area contributed by atoms with Crippen LogP contribution in [0.5, 0.6) is 0 Å². The minimum Gasteiger partial charge on any atom is -0.349 e. The van der Waals surface area contributed by atoms with Crippen molar-refractivity contribution in [2.45, 2.75) is 39.2 Å². The molecule has 3 N–H and O–H groups in total. The van der Waals surface area contributed by atoms with E-state index in [4.69, 9.17) is 5.73 Å². The van der Waals surface area contributed by atoms with Crippen LogP contribution in [0.2, 0.25) is 0 Å². The van der Waals surface area contributed by atoms with Gasteiger partial charge in [-0.25, -0.2) is 0 Å². The Hall–Kier alpha value is -1.79. The average Bonchev–Trinajstić information content (AvgIpc) is 2.81. The van der Waals surface area contributed by atoms with Gasteiger partial charge in [0.1, 0.15) is 0 Å². The summed E-state index contributed by atoms with van der Waals surface area (Å²) in [5.41, 5.74) is 7.96. The molecule has 1 aliphatic rings. The first-order chi connectivity index (χ1) is 9.58. The van der Waals surface area contributed by atoms with Crippen molar-refractivity contribution in [3.63, 3.8) is 0 Å². The molecule has 0 saturated heterocycles. The molecule has 2 unspecified atom stereocenters. The molecular weight excluding hydrogens is 248 g/mol. The van der Waals surface area contributed by atoms with Crippen LogP contribution in [0.4, 0.5) is 0 Å². The summed E-state index contributed by atoms with van der Waals surface area (Å²) < 4.78 is 0. The lowest BCUT2D eigenvalue weighted by Gasteiger charge is -2.13. The van der Waals surface area contributed by atoms with E-state index in [1.807, 2.05) is 25.1 Å². The highest BCUT2D eigenvalue weighted by Gasteiger charge is 2.23. The maximum atomic E-state index is 12.3. The van der Waals surface area contributed by atoms with Gasteiger partial charge in [-0.1, -0.05) is 18.8 Å². The zero-order valence-electron chi connectivity index (χ0n) is 12.2. The van der Waals surface area contributed by atoms with E-state index in [1.54, 1.807) is 0 Å². The van der Waals surface area contributed by atoms with Crippen LogP contribution in [0, 0.1) is 24.7 Å². The van der Waals surface area contributed by atoms with Gasteiger partial charge < -0.3 is 11.1 Å². The van der Waals surface area contributed by atoms with Crippen molar-refractivity contribution in [3.05, 3.63) is 34.9 Å². The first-order valence-corrected chi connectivity index (χ1v) is 7.20. The number of hydrogen-bond acceptors (Lipinski definition) is 2. The van der Waals surface area contributed by atoms with Gasteiger partial charge in [0.15, 0.2) is 0 Å². The third kappa shape index (κ3) is 3.85. The van der Waals surface area contributed by atoms with Crippen LogP contribution in [0.1, 0.15) is 47.7 Å². The van der Waals surface area contributed by atoms with E-state index in [9.17, 15) is 4.79 Å². The highest BCUT2D eigenvalue weighted by atomic mass is 16.1. The number of carbonyl (C=O) groups is 1. The van der Waals surface area contributed by atoms with Gasteiger partial charge in [0.05, 0.1) is 6.54 Å². The second kappa shape index (κ2) is 6.58. The third-order valence-electron chi connectivity index (χ3n) is 3.70. The normalized spacial score (nSPS) is 21.1. The molecule has 0 heterocycles. The van der Waals surface area contributed by atoms with E-state index >= 15 is 0 Å². The molecule has 0 bridgehead atoms. The Morgan fingerprint density at radius 1 is 1.40 bits per heavy atom. The van der Waals surface area contributed by atoms with Crippen LogP contribution in [0.15, 0.2) is 18.2 Å². The lowest BCUT2D eigenvalue weighted by molar-refractivity contribution is 0.0937. The molecule has 1 saturated carbocycles. The van der Waals surface area contributed by atoms with Gasteiger partial charge in [0, 0.05) is 17.2 Å². The molecule has 0 aliphatic heterocycles. The van der Waals surface area contributed by atoms with Gasteiger partial charge in [-0.15, -0.1) is 0 Å². The lowest BCUT2D eigenvalue weighted by atomic mass is 10.1. The van der Waals surface area contributed by atoms with Gasteiger partial charge in [0.25, 0.3) is 5.91 Å². The minimum absolute atomic E-state index is 0.00333. The topological polar surface area (TPSA) is 55.1 Å². The highest BCUT2D eigenvalue weighted by Crippen LogP contribution is 2.24. The largest absolute Gasteiger partial charge is 0.349 e. The van der Waals surface area contributed by atoms with Gasteiger partial charge in [-0.3, -0.25) is 4.79 Å². The average molecular weight is 270 g/mol. The number of hydrogen-bond donors (Lipinski definition) is 2. The van der Waals surface area contributed by atoms with E-state index in [0.29, 0.717) is 24.1 Å². The fourth-order valence-electron chi connectivity index (χ4n) is 2.75. The summed E-state index contributed by atoms with van der Waals surface area (Å²) in [5.74, 6) is 6.52. The number of amides is 1. The van der Waals surface area contributed by atoms with E-state index in [1.165, 1.54) is 6.42 Å². The molecule has 1 aliphatic carbocycles. The summed E-state index contributed by atoms with van der Waals surface area (Å²) in [7, 11) is 0. The molecule has 1 fully saturated rings. The zero-order chi connectivity index (χ0) is 14.5. The number of benzene rings is 1. The predicted octanol–water partition coefficient (Wildman–Crippen LogP) is 2.22. The monoisotopic (exact) mass is 270 g/mol. The fraction of sp³-hybridized carbons (Fsp3) is 0.471. The molecule has 0 aromatic heterocycles. The smallest absolute Gasteiger partial charge is 0.251 e. The van der Waals surface area contributed by atoms with Crippen LogP contribution in [0.25, 0.3) is 0 Å². The number of rotatable bonds is 2. The number of nitrogens with one attached hydrogen (secondary N) is 1. The van der Waals surface area contributed by atoms with E-state index in [-0.39, 0.29) is 5.91 Å². The first kappa shape index (κ1) is 14.6. The standard InChI is InChI=1S/C17H22N2O/c1-12-5-6-16(10-12)19-17(20)15-9-13(2)8-14(11-15)4-3-7-18/h8-9,11-12,16H,5-7,10,18H2,1-2H3,(H,19,20). The Labute approximate surface area is 120 Å². The number of nitrogens with two attached hydrogens (primary N) is 1. The quantitative estimate of drug-likeness (QED) is 0.810. The summed E-state index contributed by atoms with van der Waals surface area (Å²) in [6.45, 7) is 4.54. The maximum Gasteiger partial charge on any atom is 0.251 e. The molecule has 2 rings (SSSR count). The van der Waals surface area contributed by atoms with Crippen LogP contribution >= 0.6 is 0 Å². The molecule has 0 spiro atoms. The van der Waals surface area contributed by atoms with Gasteiger partial charge in [-0.2, -0.15) is 0 Å². The molecule has 1 aromatic carbocycles. The van der Waals surface area contributed by atoms with Crippen molar-refractivity contribution in [1.29, 1.82) is 0 Å². The molecule has 2 atom stereocenters. The van der Waals surface area contributed by atoms with Crippen molar-refractivity contribution in [2.24, 2.45) is 11.7 Å². The summed E-state index contributed by atoms with van der Waals surface area (Å²) in [6, 6.07) is 6.03. The fourth-order valence-corrected chi connectivity index (χ4v) is 2.75. The molecule has 0 radical (unpaired) electrons. The molecule has 1 aromatic rings. The van der Waals surface area contributed by atoms with Crippen molar-refractivity contribution >= 4 is 5.91 Å². The van der Waals surface area contributed by atoms with Crippen molar-refractivity contribution in [1.82, 2.24) is 5.32 Å². The lowest BCUT2D eigenvalue weighted by Crippen LogP contribution is -2.32. The second-order valence-electron chi connectivity index (χ2n) is 5.68. The molecule has 20 heavy (non-hydrogen) atoms. The second-order valence-corrected chi connectivity index (χ2v) is 5.68. The highest BCUT2D eigenvalue weighted by molar-refractivity contribution is 5.95. The maximum absolute atomic E-state index is 12.3. The molecular formula is C17H22N2O. The summed E-state index contributed by atoms with van der Waals surface area (Å²) in [4.78, 5) is 12.3. The van der Waals surface area contributed by atoms with Crippen LogP contribution < -0.4 is 11.1 Å². The molecule has 3 heteroatoms. The Morgan fingerprint density at radius 3 is 2.85 bits per heavy atom. The Morgan fingerprint density at radius 2 is 2.20 bits per heavy atom. The van der Waals surface area contributed by atoms with Gasteiger partial charge in [-0.05, 0) is 55.9 Å². The van der Waals surface area contributed by atoms with Gasteiger partial charge in [0.2, 0.25) is 0 Å². The van der Waals surface area contributed by atoms with Gasteiger partial charge >= 0.3 is 0 Å². The summed E-state index contributed by atoms with van der Waals surface area (Å²) >= 11 is 0. The predicted molar refractivity (Wildman–Crippen MR) is 81.4 cm³/mol. The van der Waals surface area contributed by atoms with Crippen molar-refractivity contribution < 1.29 is 4.79 Å². The number of aryl methyl sites for hydroxylation is 1. The summed E-state index contributed by atoms with van der Waals surface area (Å²) in [5, 5.41) is 3.12. The van der Waals surface area contributed by atoms with E-state index < -0.39 is 0 Å². The molecule has 3 nitrogen and oxygen atoms in total. The van der Waals surface area contributed by atoms with E-state index in [2.05, 4.69) is 24.1 Å². The molecule has 106 valence electrons. The van der Waals surface area contributed by atoms with Crippen LogP contribution in [-0.2, 0) is 0 Å². The van der Waals surface area contributed by atoms with E-state index in [0.717, 1.165) is 24.0 Å². The summed E-state index contributed by atoms with van der Waals surface area (Å²) in [6.07, 6.45) is 3.36. The zero-order valence-corrected chi connectivity index (χ0v) is 12.2. The minimum atomic E-state index is 0.00333. The Balaban J connectivity index is 2.11. The Kier molecular flexibility index (Phi) is 4.81. The first-order valence-electron chi connectivity index (χ1n) is 7.20.